The third-order valence-corrected chi connectivity index (χ3v) is 6.02. The summed E-state index contributed by atoms with van der Waals surface area (Å²) in [5.41, 5.74) is -4.35. The summed E-state index contributed by atoms with van der Waals surface area (Å²) >= 11 is 0. The lowest BCUT2D eigenvalue weighted by Crippen LogP contribution is -2.40. The second-order valence-corrected chi connectivity index (χ2v) is 8.49. The topological polar surface area (TPSA) is 40.5 Å². The number of aliphatic hydroxyl groups is 2. The molecule has 2 aromatic rings. The first-order valence-corrected chi connectivity index (χ1v) is 9.60. The Bertz CT molecular complexity index is 906. The van der Waals surface area contributed by atoms with Crippen molar-refractivity contribution < 1.29 is 36.6 Å². The Morgan fingerprint density at radius 1 is 0.613 bits per heavy atom. The van der Waals surface area contributed by atoms with E-state index >= 15 is 0 Å². The van der Waals surface area contributed by atoms with Gasteiger partial charge in [-0.05, 0) is 92.5 Å². The Balaban J connectivity index is 2.61. The maximum absolute atomic E-state index is 13.4. The summed E-state index contributed by atoms with van der Waals surface area (Å²) in [6, 6.07) is 5.74. The fraction of sp³-hybridized carbons (Fsp3) is 0.478. The Hall–Kier alpha value is -2.06. The van der Waals surface area contributed by atoms with Gasteiger partial charge in [-0.25, -0.2) is 0 Å². The predicted octanol–water partition coefficient (Wildman–Crippen LogP) is 6.05. The lowest BCUT2D eigenvalue weighted by atomic mass is 9.84. The fourth-order valence-corrected chi connectivity index (χ4v) is 3.62. The smallest absolute Gasteiger partial charge is 0.376 e. The van der Waals surface area contributed by atoms with Crippen molar-refractivity contribution in [3.05, 3.63) is 68.8 Å². The molecule has 0 fully saturated rings. The second-order valence-electron chi connectivity index (χ2n) is 8.49. The number of alkyl halides is 6. The van der Waals surface area contributed by atoms with E-state index in [2.05, 4.69) is 0 Å². The van der Waals surface area contributed by atoms with Crippen molar-refractivity contribution in [2.75, 3.05) is 0 Å². The lowest BCUT2D eigenvalue weighted by Gasteiger charge is -2.30. The number of rotatable bonds is 4. The standard InChI is InChI=1S/C23H26F6O2/c1-12-7-16(10-18(14(12)3)20(5,30)22(24,25)26)9-17-8-13(2)15(4)19(11-17)21(6,31)23(27,28)29/h7-8,10-11,30-31H,9H2,1-6H3. The van der Waals surface area contributed by atoms with E-state index < -0.39 is 23.6 Å². The first-order chi connectivity index (χ1) is 13.8. The summed E-state index contributed by atoms with van der Waals surface area (Å²) in [5.74, 6) is 0. The van der Waals surface area contributed by atoms with Crippen LogP contribution in [0.4, 0.5) is 26.3 Å². The van der Waals surface area contributed by atoms with Gasteiger partial charge in [0.1, 0.15) is 0 Å². The second kappa shape index (κ2) is 7.81. The van der Waals surface area contributed by atoms with Crippen molar-refractivity contribution in [3.8, 4) is 0 Å². The molecule has 2 atom stereocenters. The Morgan fingerprint density at radius 3 is 1.16 bits per heavy atom. The third-order valence-electron chi connectivity index (χ3n) is 6.02. The van der Waals surface area contributed by atoms with E-state index in [1.54, 1.807) is 26.0 Å². The molecule has 2 nitrogen and oxygen atoms in total. The molecule has 0 aliphatic carbocycles. The lowest BCUT2D eigenvalue weighted by molar-refractivity contribution is -0.259. The number of halogens is 6. The molecule has 0 amide bonds. The van der Waals surface area contributed by atoms with Crippen LogP contribution in [-0.2, 0) is 17.6 Å². The van der Waals surface area contributed by atoms with Gasteiger partial charge in [0.15, 0.2) is 11.2 Å². The number of benzene rings is 2. The molecule has 172 valence electrons. The zero-order chi connectivity index (χ0) is 24.2. The molecule has 0 aliphatic rings. The highest BCUT2D eigenvalue weighted by Gasteiger charge is 2.53. The van der Waals surface area contributed by atoms with Gasteiger partial charge in [-0.15, -0.1) is 0 Å². The fourth-order valence-electron chi connectivity index (χ4n) is 3.62. The summed E-state index contributed by atoms with van der Waals surface area (Å²) in [5, 5.41) is 20.3. The Morgan fingerprint density at radius 2 is 0.903 bits per heavy atom. The van der Waals surface area contributed by atoms with Crippen molar-refractivity contribution in [3.63, 3.8) is 0 Å². The molecule has 0 radical (unpaired) electrons. The number of hydrogen-bond acceptors (Lipinski definition) is 2. The third kappa shape index (κ3) is 4.60. The van der Waals surface area contributed by atoms with Gasteiger partial charge < -0.3 is 10.2 Å². The van der Waals surface area contributed by atoms with Crippen molar-refractivity contribution >= 4 is 0 Å². The summed E-state index contributed by atoms with van der Waals surface area (Å²) in [6.07, 6.45) is -9.77. The molecule has 0 heterocycles. The molecule has 0 saturated carbocycles. The molecular weight excluding hydrogens is 422 g/mol. The highest BCUT2D eigenvalue weighted by atomic mass is 19.4. The van der Waals surface area contributed by atoms with Gasteiger partial charge in [0.2, 0.25) is 0 Å². The average Bonchev–Trinajstić information content (AvgIpc) is 2.58. The first kappa shape index (κ1) is 25.2. The van der Waals surface area contributed by atoms with Crippen LogP contribution < -0.4 is 0 Å². The van der Waals surface area contributed by atoms with Crippen molar-refractivity contribution in [2.45, 2.75) is 71.5 Å². The van der Waals surface area contributed by atoms with Crippen molar-refractivity contribution in [1.29, 1.82) is 0 Å². The molecule has 0 bridgehead atoms. The van der Waals surface area contributed by atoms with Crippen LogP contribution in [0.5, 0.6) is 0 Å². The van der Waals surface area contributed by atoms with Crippen LogP contribution in [-0.4, -0.2) is 22.6 Å². The summed E-state index contributed by atoms with van der Waals surface area (Å²) in [7, 11) is 0. The molecule has 8 heteroatoms. The number of aryl methyl sites for hydroxylation is 2. The normalized spacial score (nSPS) is 16.7. The van der Waals surface area contributed by atoms with Crippen LogP contribution in [0.1, 0.15) is 58.4 Å². The van der Waals surface area contributed by atoms with Crippen molar-refractivity contribution in [1.82, 2.24) is 0 Å². The van der Waals surface area contributed by atoms with Gasteiger partial charge >= 0.3 is 12.4 Å². The predicted molar refractivity (Wildman–Crippen MR) is 106 cm³/mol. The summed E-state index contributed by atoms with van der Waals surface area (Å²) in [4.78, 5) is 0. The van der Waals surface area contributed by atoms with Gasteiger partial charge in [-0.3, -0.25) is 0 Å². The SMILES string of the molecule is Cc1cc(Cc2cc(C)c(C)c(C(C)(O)C(F)(F)F)c2)cc(C(C)(O)C(F)(F)F)c1C. The van der Waals surface area contributed by atoms with Crippen LogP contribution in [0.15, 0.2) is 24.3 Å². The van der Waals surface area contributed by atoms with Gasteiger partial charge in [-0.1, -0.05) is 24.3 Å². The zero-order valence-electron chi connectivity index (χ0n) is 18.2. The minimum Gasteiger partial charge on any atom is -0.376 e. The van der Waals surface area contributed by atoms with E-state index in [1.165, 1.54) is 26.0 Å². The molecule has 2 aromatic carbocycles. The van der Waals surface area contributed by atoms with E-state index in [-0.39, 0.29) is 28.7 Å². The van der Waals surface area contributed by atoms with Crippen LogP contribution in [0.25, 0.3) is 0 Å². The molecular formula is C23H26F6O2. The van der Waals surface area contributed by atoms with Crippen LogP contribution in [0.2, 0.25) is 0 Å². The van der Waals surface area contributed by atoms with Crippen LogP contribution in [0, 0.1) is 27.7 Å². The van der Waals surface area contributed by atoms with Crippen LogP contribution >= 0.6 is 0 Å². The van der Waals surface area contributed by atoms with Gasteiger partial charge in [0.05, 0.1) is 0 Å². The van der Waals surface area contributed by atoms with Crippen LogP contribution in [0.3, 0.4) is 0 Å². The molecule has 0 aromatic heterocycles. The van der Waals surface area contributed by atoms with E-state index in [4.69, 9.17) is 0 Å². The molecule has 2 unspecified atom stereocenters. The monoisotopic (exact) mass is 448 g/mol. The Labute approximate surface area is 177 Å². The maximum Gasteiger partial charge on any atom is 0.421 e. The number of hydrogen-bond donors (Lipinski definition) is 2. The molecule has 0 aliphatic heterocycles. The highest BCUT2D eigenvalue weighted by molar-refractivity contribution is 5.46. The van der Waals surface area contributed by atoms with E-state index in [1.807, 2.05) is 0 Å². The largest absolute Gasteiger partial charge is 0.421 e. The summed E-state index contributed by atoms with van der Waals surface area (Å²) < 4.78 is 80.4. The van der Waals surface area contributed by atoms with Gasteiger partial charge in [0, 0.05) is 0 Å². The molecule has 0 saturated heterocycles. The van der Waals surface area contributed by atoms with E-state index in [0.29, 0.717) is 36.1 Å². The highest BCUT2D eigenvalue weighted by Crippen LogP contribution is 2.42. The molecule has 2 rings (SSSR count). The average molecular weight is 448 g/mol. The maximum atomic E-state index is 13.4. The quantitative estimate of drug-likeness (QED) is 0.559. The summed E-state index contributed by atoms with van der Waals surface area (Å²) in [6.45, 7) is 7.51. The van der Waals surface area contributed by atoms with E-state index in [9.17, 15) is 36.6 Å². The van der Waals surface area contributed by atoms with Crippen molar-refractivity contribution in [2.24, 2.45) is 0 Å². The molecule has 31 heavy (non-hydrogen) atoms. The first-order valence-electron chi connectivity index (χ1n) is 9.60. The zero-order valence-corrected chi connectivity index (χ0v) is 18.2. The minimum absolute atomic E-state index is 0.0319. The Kier molecular flexibility index (Phi) is 6.35. The van der Waals surface area contributed by atoms with Gasteiger partial charge in [0.25, 0.3) is 0 Å². The minimum atomic E-state index is -4.90. The van der Waals surface area contributed by atoms with Gasteiger partial charge in [-0.2, -0.15) is 26.3 Å². The molecule has 0 spiro atoms. The van der Waals surface area contributed by atoms with E-state index in [0.717, 1.165) is 0 Å². The molecule has 2 N–H and O–H groups in total.